The molecule has 0 saturated carbocycles. The molecule has 0 aromatic carbocycles. The average molecular weight is 189 g/mol. The first-order valence-corrected chi connectivity index (χ1v) is 1.91. The van der Waals surface area contributed by atoms with Gasteiger partial charge in [-0.15, -0.1) is 0 Å². The van der Waals surface area contributed by atoms with E-state index in [1.807, 2.05) is 0 Å². The topological polar surface area (TPSA) is 29.1 Å². The highest BCUT2D eigenvalue weighted by molar-refractivity contribution is 14.1. The Hall–Kier alpha value is 0.130. The minimum atomic E-state index is -0.692. The van der Waals surface area contributed by atoms with Crippen molar-refractivity contribution in [2.75, 3.05) is 0 Å². The van der Waals surface area contributed by atoms with Gasteiger partial charge in [0.15, 0.2) is 0 Å². The fourth-order valence-electron chi connectivity index (χ4n) is 0. The van der Waals surface area contributed by atoms with Gasteiger partial charge in [-0.25, -0.2) is 0 Å². The predicted molar refractivity (Wildman–Crippen MR) is 23.7 cm³/mol. The number of halogens is 2. The molecule has 0 radical (unpaired) electrons. The van der Waals surface area contributed by atoms with Crippen LogP contribution >= 0.6 is 22.6 Å². The third-order valence-electron chi connectivity index (χ3n) is 0.0743. The minimum Gasteiger partial charge on any atom is -0.260 e. The van der Waals surface area contributed by atoms with Crippen molar-refractivity contribution >= 4 is 26.5 Å². The second-order valence-electron chi connectivity index (χ2n) is 0.368. The van der Waals surface area contributed by atoms with Gasteiger partial charge in [0.1, 0.15) is 0 Å². The first-order valence-electron chi connectivity index (χ1n) is 0.832. The second-order valence-corrected chi connectivity index (χ2v) is 1.35. The Kier molecular flexibility index (Phi) is 2.43. The van der Waals surface area contributed by atoms with Crippen molar-refractivity contribution in [3.8, 4) is 0 Å². The molecule has 0 spiro atoms. The zero-order valence-corrected chi connectivity index (χ0v) is 4.32. The van der Waals surface area contributed by atoms with Crippen LogP contribution in [0.4, 0.5) is 9.28 Å². The van der Waals surface area contributed by atoms with Gasteiger partial charge >= 0.3 is 3.91 Å². The number of hydrogen-bond acceptors (Lipinski definition) is 1. The normalized spacial score (nSPS) is 6.80. The summed E-state index contributed by atoms with van der Waals surface area (Å²) in [5.74, 6) is 0. The number of carbonyl (C=O) groups excluding carboxylic acids is 1. The van der Waals surface area contributed by atoms with E-state index in [1.54, 1.807) is 0 Å². The molecule has 0 bridgehead atoms. The van der Waals surface area contributed by atoms with E-state index in [1.165, 1.54) is 22.6 Å². The number of hydrogen-bond donors (Lipinski definition) is 1. The molecule has 1 amide bonds. The van der Waals surface area contributed by atoms with Gasteiger partial charge in [0, 0.05) is 22.6 Å². The lowest BCUT2D eigenvalue weighted by molar-refractivity contribution is 0.242. The first-order chi connectivity index (χ1) is 2.27. The maximum atomic E-state index is 10.5. The molecule has 0 aromatic rings. The molecule has 0 aromatic heterocycles. The zero-order chi connectivity index (χ0) is 4.28. The van der Waals surface area contributed by atoms with E-state index in [-0.39, 0.29) is 0 Å². The lowest BCUT2D eigenvalue weighted by Gasteiger charge is -1.71. The Labute approximate surface area is 41.8 Å². The van der Waals surface area contributed by atoms with Crippen molar-refractivity contribution < 1.29 is 9.28 Å². The lowest BCUT2D eigenvalue weighted by Crippen LogP contribution is -1.99. The van der Waals surface area contributed by atoms with Gasteiger partial charge in [-0.3, -0.25) is 4.79 Å². The highest BCUT2D eigenvalue weighted by Crippen LogP contribution is 1.79. The van der Waals surface area contributed by atoms with E-state index in [9.17, 15) is 9.28 Å². The molecule has 0 aliphatic heterocycles. The van der Waals surface area contributed by atoms with E-state index in [0.717, 1.165) is 5.54 Å². The number of carbonyl (C=O) groups is 1. The van der Waals surface area contributed by atoms with Gasteiger partial charge in [0.25, 0.3) is 0 Å². The van der Waals surface area contributed by atoms with E-state index in [0.29, 0.717) is 0 Å². The van der Waals surface area contributed by atoms with Gasteiger partial charge < -0.3 is 0 Å². The van der Waals surface area contributed by atoms with Crippen molar-refractivity contribution in [3.05, 3.63) is 0 Å². The summed E-state index contributed by atoms with van der Waals surface area (Å²) < 4.78 is 9.82. The minimum absolute atomic E-state index is 0.692. The fraction of sp³-hybridized carbons (Fsp3) is 0. The maximum Gasteiger partial charge on any atom is 0.308 e. The summed E-state index contributed by atoms with van der Waals surface area (Å²) in [5.41, 5.74) is 0.876. The molecule has 0 heterocycles. The first kappa shape index (κ1) is 5.13. The second kappa shape index (κ2) is 2.37. The summed E-state index contributed by atoms with van der Waals surface area (Å²) in [4.78, 5) is 9.31. The van der Waals surface area contributed by atoms with Crippen LogP contribution in [0.1, 0.15) is 0 Å². The molecule has 4 heteroatoms. The Morgan fingerprint density at radius 2 is 2.20 bits per heavy atom. The van der Waals surface area contributed by atoms with Crippen molar-refractivity contribution in [2.45, 2.75) is 0 Å². The predicted octanol–water partition coefficient (Wildman–Crippen LogP) is 1.02. The van der Waals surface area contributed by atoms with Crippen LogP contribution < -0.4 is 5.54 Å². The van der Waals surface area contributed by atoms with Gasteiger partial charge in [-0.2, -0.15) is 5.54 Å². The summed E-state index contributed by atoms with van der Waals surface area (Å²) in [6.07, 6.45) is 0. The largest absolute Gasteiger partial charge is 0.308 e. The summed E-state index contributed by atoms with van der Waals surface area (Å²) in [6.45, 7) is 0. The molecule has 0 unspecified atom stereocenters. The van der Waals surface area contributed by atoms with Crippen LogP contribution in [0.5, 0.6) is 0 Å². The fourth-order valence-corrected chi connectivity index (χ4v) is 0. The van der Waals surface area contributed by atoms with Gasteiger partial charge in [0.2, 0.25) is 0 Å². The molecular weight excluding hydrogens is 188 g/mol. The molecule has 0 aliphatic rings. The lowest BCUT2D eigenvalue weighted by atomic mass is 11.5. The van der Waals surface area contributed by atoms with Crippen LogP contribution in [0, 0.1) is 0 Å². The van der Waals surface area contributed by atoms with Crippen LogP contribution in [-0.2, 0) is 0 Å². The Bertz CT molecular complexity index is 46.9. The van der Waals surface area contributed by atoms with E-state index in [4.69, 9.17) is 0 Å². The van der Waals surface area contributed by atoms with Crippen molar-refractivity contribution in [2.24, 2.45) is 0 Å². The molecular formula is CHFINO. The molecule has 0 atom stereocenters. The highest BCUT2D eigenvalue weighted by Gasteiger charge is 1.80. The molecule has 5 heavy (non-hydrogen) atoms. The molecule has 1 N–H and O–H groups in total. The monoisotopic (exact) mass is 189 g/mol. The molecule has 2 nitrogen and oxygen atoms in total. The third-order valence-corrected chi connectivity index (χ3v) is 0.278. The standard InChI is InChI=1S/CHFINO/c2-4-1(3)5/h(H,4,5). The zero-order valence-electron chi connectivity index (χ0n) is 2.16. The number of rotatable bonds is 0. The molecule has 0 fully saturated rings. The summed E-state index contributed by atoms with van der Waals surface area (Å²) >= 11 is 1.28. The molecule has 0 rings (SSSR count). The molecule has 0 saturated heterocycles. The van der Waals surface area contributed by atoms with Crippen LogP contribution in [0.25, 0.3) is 0 Å². The van der Waals surface area contributed by atoms with Crippen molar-refractivity contribution in [1.29, 1.82) is 0 Å². The molecule has 0 aliphatic carbocycles. The average Bonchev–Trinajstić information content (AvgIpc) is 1.38. The van der Waals surface area contributed by atoms with Crippen LogP contribution in [0.3, 0.4) is 0 Å². The van der Waals surface area contributed by atoms with Crippen molar-refractivity contribution in [3.63, 3.8) is 0 Å². The van der Waals surface area contributed by atoms with Crippen LogP contribution in [0.15, 0.2) is 0 Å². The van der Waals surface area contributed by atoms with Gasteiger partial charge in [-0.1, -0.05) is 4.48 Å². The van der Waals surface area contributed by atoms with Crippen LogP contribution in [-0.4, -0.2) is 3.91 Å². The Morgan fingerprint density at radius 3 is 2.20 bits per heavy atom. The van der Waals surface area contributed by atoms with Crippen molar-refractivity contribution in [1.82, 2.24) is 5.54 Å². The third kappa shape index (κ3) is 4.13. The summed E-state index contributed by atoms with van der Waals surface area (Å²) in [5, 5.41) is 0. The van der Waals surface area contributed by atoms with Gasteiger partial charge in [-0.05, 0) is 0 Å². The number of amides is 1. The van der Waals surface area contributed by atoms with E-state index in [2.05, 4.69) is 0 Å². The summed E-state index contributed by atoms with van der Waals surface area (Å²) in [7, 11) is 0. The quantitative estimate of drug-likeness (QED) is 0.262. The maximum absolute atomic E-state index is 10.5. The van der Waals surface area contributed by atoms with Crippen LogP contribution in [0.2, 0.25) is 0 Å². The summed E-state index contributed by atoms with van der Waals surface area (Å²) in [6, 6.07) is 0. The SMILES string of the molecule is O=C(I)NF. The Morgan fingerprint density at radius 1 is 2.00 bits per heavy atom. The van der Waals surface area contributed by atoms with E-state index >= 15 is 0 Å². The number of nitrogens with one attached hydrogen (secondary N) is 1. The highest BCUT2D eigenvalue weighted by atomic mass is 127. The van der Waals surface area contributed by atoms with E-state index < -0.39 is 3.91 Å². The smallest absolute Gasteiger partial charge is 0.260 e. The Balaban J connectivity index is 2.85. The van der Waals surface area contributed by atoms with Gasteiger partial charge in [0.05, 0.1) is 0 Å². The molecule has 30 valence electrons.